The van der Waals surface area contributed by atoms with Crippen molar-refractivity contribution < 1.29 is 4.74 Å². The van der Waals surface area contributed by atoms with Crippen LogP contribution in [-0.4, -0.2) is 15.5 Å². The van der Waals surface area contributed by atoms with Gasteiger partial charge in [-0.25, -0.2) is 9.97 Å². The fourth-order valence-corrected chi connectivity index (χ4v) is 0.687. The normalized spacial score (nSPS) is 9.00. The van der Waals surface area contributed by atoms with Gasteiger partial charge in [-0.15, -0.1) is 0 Å². The number of hydrogen-bond acceptors (Lipinski definition) is 3. The molecule has 1 heterocycles. The average Bonchev–Trinajstić information content (AvgIpc) is 1.91. The Labute approximate surface area is 61.2 Å². The van der Waals surface area contributed by atoms with Crippen LogP contribution in [0.25, 0.3) is 0 Å². The minimum absolute atomic E-state index is 0.473. The lowest BCUT2D eigenvalue weighted by Gasteiger charge is -1.96. The quantitative estimate of drug-likeness (QED) is 0.655. The van der Waals surface area contributed by atoms with Crippen LogP contribution in [0.5, 0.6) is 5.75 Å². The SMILES string of the molecule is BrCOc1cncnc1. The summed E-state index contributed by atoms with van der Waals surface area (Å²) in [6, 6.07) is 0. The molecule has 0 saturated heterocycles. The first-order valence-electron chi connectivity index (χ1n) is 2.37. The molecular formula is C5H5BrN2O. The molecule has 48 valence electrons. The van der Waals surface area contributed by atoms with Gasteiger partial charge in [0.1, 0.15) is 11.8 Å². The zero-order chi connectivity index (χ0) is 6.53. The van der Waals surface area contributed by atoms with Crippen LogP contribution >= 0.6 is 15.9 Å². The van der Waals surface area contributed by atoms with E-state index in [-0.39, 0.29) is 0 Å². The summed E-state index contributed by atoms with van der Waals surface area (Å²) in [6.45, 7) is 0. The molecule has 0 N–H and O–H groups in total. The summed E-state index contributed by atoms with van der Waals surface area (Å²) in [6.07, 6.45) is 4.67. The van der Waals surface area contributed by atoms with Crippen LogP contribution in [0.2, 0.25) is 0 Å². The Hall–Kier alpha value is -0.640. The Bertz CT molecular complexity index is 168. The van der Waals surface area contributed by atoms with E-state index in [0.717, 1.165) is 0 Å². The molecule has 1 aromatic rings. The van der Waals surface area contributed by atoms with E-state index >= 15 is 0 Å². The van der Waals surface area contributed by atoms with Crippen LogP contribution in [0.15, 0.2) is 18.7 Å². The molecule has 0 atom stereocenters. The lowest BCUT2D eigenvalue weighted by molar-refractivity contribution is 0.394. The zero-order valence-corrected chi connectivity index (χ0v) is 6.21. The molecule has 0 radical (unpaired) electrons. The van der Waals surface area contributed by atoms with Crippen molar-refractivity contribution in [2.75, 3.05) is 5.52 Å². The molecule has 0 spiro atoms. The van der Waals surface area contributed by atoms with E-state index in [2.05, 4.69) is 25.9 Å². The topological polar surface area (TPSA) is 35.0 Å². The summed E-state index contributed by atoms with van der Waals surface area (Å²) in [5.74, 6) is 0.675. The first-order chi connectivity index (χ1) is 4.43. The third-order valence-electron chi connectivity index (χ3n) is 0.758. The summed E-state index contributed by atoms with van der Waals surface area (Å²) in [7, 11) is 0. The Morgan fingerprint density at radius 3 is 2.67 bits per heavy atom. The second-order valence-corrected chi connectivity index (χ2v) is 1.79. The Morgan fingerprint density at radius 2 is 2.11 bits per heavy atom. The number of halogens is 1. The number of aromatic nitrogens is 2. The molecule has 9 heavy (non-hydrogen) atoms. The second-order valence-electron chi connectivity index (χ2n) is 1.33. The van der Waals surface area contributed by atoms with Crippen molar-refractivity contribution in [2.45, 2.75) is 0 Å². The maximum atomic E-state index is 5.00. The lowest BCUT2D eigenvalue weighted by Crippen LogP contribution is -1.89. The first-order valence-corrected chi connectivity index (χ1v) is 3.49. The van der Waals surface area contributed by atoms with E-state index in [1.165, 1.54) is 6.33 Å². The molecule has 0 aliphatic rings. The molecule has 1 rings (SSSR count). The van der Waals surface area contributed by atoms with E-state index in [1.807, 2.05) is 0 Å². The maximum Gasteiger partial charge on any atom is 0.157 e. The third-order valence-corrected chi connectivity index (χ3v) is 0.987. The number of alkyl halides is 1. The van der Waals surface area contributed by atoms with Crippen molar-refractivity contribution in [3.8, 4) is 5.75 Å². The minimum Gasteiger partial charge on any atom is -0.479 e. The summed E-state index contributed by atoms with van der Waals surface area (Å²) >= 11 is 3.11. The van der Waals surface area contributed by atoms with Gasteiger partial charge in [-0.3, -0.25) is 0 Å². The highest BCUT2D eigenvalue weighted by molar-refractivity contribution is 9.09. The molecule has 0 fully saturated rings. The molecule has 0 aromatic carbocycles. The van der Waals surface area contributed by atoms with Gasteiger partial charge in [0.25, 0.3) is 0 Å². The van der Waals surface area contributed by atoms with Gasteiger partial charge in [0, 0.05) is 0 Å². The van der Waals surface area contributed by atoms with Crippen molar-refractivity contribution in [1.29, 1.82) is 0 Å². The van der Waals surface area contributed by atoms with E-state index in [9.17, 15) is 0 Å². The number of rotatable bonds is 2. The van der Waals surface area contributed by atoms with E-state index in [4.69, 9.17) is 4.74 Å². The van der Waals surface area contributed by atoms with Crippen LogP contribution in [0, 0.1) is 0 Å². The minimum atomic E-state index is 0.473. The molecule has 0 aliphatic heterocycles. The predicted octanol–water partition coefficient (Wildman–Crippen LogP) is 1.21. The highest BCUT2D eigenvalue weighted by Gasteiger charge is 1.86. The van der Waals surface area contributed by atoms with Gasteiger partial charge in [-0.2, -0.15) is 0 Å². The zero-order valence-electron chi connectivity index (χ0n) is 4.62. The number of ether oxygens (including phenoxy) is 1. The molecule has 0 amide bonds. The Morgan fingerprint density at radius 1 is 1.44 bits per heavy atom. The molecule has 4 heteroatoms. The largest absolute Gasteiger partial charge is 0.479 e. The van der Waals surface area contributed by atoms with Crippen LogP contribution in [0.1, 0.15) is 0 Å². The second kappa shape index (κ2) is 3.40. The van der Waals surface area contributed by atoms with Gasteiger partial charge < -0.3 is 4.74 Å². The predicted molar refractivity (Wildman–Crippen MR) is 36.5 cm³/mol. The molecule has 0 unspecified atom stereocenters. The first kappa shape index (κ1) is 6.48. The molecule has 3 nitrogen and oxygen atoms in total. The van der Waals surface area contributed by atoms with Gasteiger partial charge in [-0.1, -0.05) is 0 Å². The van der Waals surface area contributed by atoms with E-state index < -0.39 is 0 Å². The average molecular weight is 189 g/mol. The van der Waals surface area contributed by atoms with E-state index in [1.54, 1.807) is 12.4 Å². The smallest absolute Gasteiger partial charge is 0.157 e. The van der Waals surface area contributed by atoms with Crippen molar-refractivity contribution in [3.63, 3.8) is 0 Å². The Balaban J connectivity index is 2.61. The molecule has 0 aliphatic carbocycles. The monoisotopic (exact) mass is 188 g/mol. The van der Waals surface area contributed by atoms with Crippen molar-refractivity contribution in [3.05, 3.63) is 18.7 Å². The third kappa shape index (κ3) is 1.97. The number of nitrogens with zero attached hydrogens (tertiary/aromatic N) is 2. The maximum absolute atomic E-state index is 5.00. The fourth-order valence-electron chi connectivity index (χ4n) is 0.423. The van der Waals surface area contributed by atoms with Gasteiger partial charge in [0.05, 0.1) is 12.4 Å². The molecule has 0 saturated carbocycles. The fraction of sp³-hybridized carbons (Fsp3) is 0.200. The van der Waals surface area contributed by atoms with Crippen molar-refractivity contribution in [2.24, 2.45) is 0 Å². The summed E-state index contributed by atoms with van der Waals surface area (Å²) < 4.78 is 5.00. The highest BCUT2D eigenvalue weighted by Crippen LogP contribution is 2.03. The summed E-state index contributed by atoms with van der Waals surface area (Å²) in [5.41, 5.74) is 0.473. The van der Waals surface area contributed by atoms with Gasteiger partial charge >= 0.3 is 0 Å². The van der Waals surface area contributed by atoms with Crippen molar-refractivity contribution in [1.82, 2.24) is 9.97 Å². The molecule has 1 aromatic heterocycles. The van der Waals surface area contributed by atoms with E-state index in [0.29, 0.717) is 11.3 Å². The standard InChI is InChI=1S/C5H5BrN2O/c6-3-9-5-1-7-4-8-2-5/h1-2,4H,3H2. The molecular weight excluding hydrogens is 184 g/mol. The highest BCUT2D eigenvalue weighted by atomic mass is 79.9. The van der Waals surface area contributed by atoms with Gasteiger partial charge in [0.15, 0.2) is 5.75 Å². The summed E-state index contributed by atoms with van der Waals surface area (Å²) in [5, 5.41) is 0. The van der Waals surface area contributed by atoms with Crippen LogP contribution in [-0.2, 0) is 0 Å². The summed E-state index contributed by atoms with van der Waals surface area (Å²) in [4.78, 5) is 7.49. The van der Waals surface area contributed by atoms with Crippen molar-refractivity contribution >= 4 is 15.9 Å². The molecule has 0 bridgehead atoms. The van der Waals surface area contributed by atoms with Crippen LogP contribution < -0.4 is 4.74 Å². The van der Waals surface area contributed by atoms with Crippen LogP contribution in [0.4, 0.5) is 0 Å². The lowest BCUT2D eigenvalue weighted by atomic mass is 10.6. The Kier molecular flexibility index (Phi) is 2.45. The van der Waals surface area contributed by atoms with Gasteiger partial charge in [-0.05, 0) is 15.9 Å². The number of hydrogen-bond donors (Lipinski definition) is 0. The van der Waals surface area contributed by atoms with Gasteiger partial charge in [0.2, 0.25) is 0 Å². The van der Waals surface area contributed by atoms with Crippen LogP contribution in [0.3, 0.4) is 0 Å².